The van der Waals surface area contributed by atoms with Gasteiger partial charge >= 0.3 is 5.97 Å². The van der Waals surface area contributed by atoms with Gasteiger partial charge < -0.3 is 9.47 Å². The minimum absolute atomic E-state index is 0.0331. The maximum Gasteiger partial charge on any atom is 0.326 e. The lowest BCUT2D eigenvalue weighted by Gasteiger charge is -2.19. The van der Waals surface area contributed by atoms with E-state index in [1.807, 2.05) is 13.8 Å². The molecule has 1 unspecified atom stereocenters. The highest BCUT2D eigenvalue weighted by molar-refractivity contribution is 5.75. The molecular weight excluding hydrogens is 256 g/mol. The van der Waals surface area contributed by atoms with Gasteiger partial charge in [0.1, 0.15) is 18.5 Å². The zero-order valence-corrected chi connectivity index (χ0v) is 11.1. The van der Waals surface area contributed by atoms with Gasteiger partial charge in [0.05, 0.1) is 7.11 Å². The van der Waals surface area contributed by atoms with E-state index in [0.717, 1.165) is 12.1 Å². The molecule has 106 valence electrons. The fourth-order valence-corrected chi connectivity index (χ4v) is 1.49. The Balaban J connectivity index is 2.67. The molecule has 0 aliphatic rings. The standard InChI is InChI=1S/C13H17F2NO3/c1-8(2)16-11(13(17)18-3)7-19-12-5-4-9(14)6-10(12)15/h4-6,8,11,16H,7H2,1-3H3. The molecule has 1 N–H and O–H groups in total. The smallest absolute Gasteiger partial charge is 0.326 e. The van der Waals surface area contributed by atoms with Gasteiger partial charge in [-0.3, -0.25) is 10.1 Å². The van der Waals surface area contributed by atoms with Crippen LogP contribution < -0.4 is 10.1 Å². The number of nitrogens with one attached hydrogen (secondary N) is 1. The molecule has 0 bridgehead atoms. The molecule has 0 amide bonds. The van der Waals surface area contributed by atoms with Crippen LogP contribution in [0.4, 0.5) is 8.78 Å². The van der Waals surface area contributed by atoms with Crippen LogP contribution in [0.5, 0.6) is 5.75 Å². The minimum atomic E-state index is -0.812. The normalized spacial score (nSPS) is 12.3. The summed E-state index contributed by atoms with van der Waals surface area (Å²) in [5.41, 5.74) is 0. The van der Waals surface area contributed by atoms with E-state index in [9.17, 15) is 13.6 Å². The van der Waals surface area contributed by atoms with Crippen LogP contribution in [0.25, 0.3) is 0 Å². The van der Waals surface area contributed by atoms with E-state index in [1.54, 1.807) is 0 Å². The van der Waals surface area contributed by atoms with E-state index in [-0.39, 0.29) is 18.4 Å². The third kappa shape index (κ3) is 4.82. The molecule has 1 atom stereocenters. The summed E-state index contributed by atoms with van der Waals surface area (Å²) in [6.07, 6.45) is 0. The van der Waals surface area contributed by atoms with Crippen LogP contribution in [0.1, 0.15) is 13.8 Å². The van der Waals surface area contributed by atoms with E-state index in [2.05, 4.69) is 10.1 Å². The zero-order valence-electron chi connectivity index (χ0n) is 11.1. The molecule has 0 saturated carbocycles. The summed E-state index contributed by atoms with van der Waals surface area (Å²) in [7, 11) is 1.26. The van der Waals surface area contributed by atoms with Crippen molar-refractivity contribution < 1.29 is 23.0 Å². The van der Waals surface area contributed by atoms with Crippen LogP contribution in [-0.2, 0) is 9.53 Å². The average molecular weight is 273 g/mol. The number of esters is 1. The zero-order chi connectivity index (χ0) is 14.4. The van der Waals surface area contributed by atoms with Crippen molar-refractivity contribution in [2.24, 2.45) is 0 Å². The molecule has 0 heterocycles. The summed E-state index contributed by atoms with van der Waals surface area (Å²) in [5, 5.41) is 2.94. The predicted octanol–water partition coefficient (Wildman–Crippen LogP) is 1.88. The molecular formula is C13H17F2NO3. The fraction of sp³-hybridized carbons (Fsp3) is 0.462. The molecule has 0 radical (unpaired) electrons. The molecule has 0 aliphatic carbocycles. The third-order valence-corrected chi connectivity index (χ3v) is 2.32. The number of rotatable bonds is 6. The first-order valence-corrected chi connectivity index (χ1v) is 5.85. The second-order valence-corrected chi connectivity index (χ2v) is 4.28. The van der Waals surface area contributed by atoms with Crippen LogP contribution in [0.15, 0.2) is 18.2 Å². The summed E-state index contributed by atoms with van der Waals surface area (Å²) < 4.78 is 35.9. The second-order valence-electron chi connectivity index (χ2n) is 4.28. The molecule has 0 spiro atoms. The van der Waals surface area contributed by atoms with Gasteiger partial charge in [0.15, 0.2) is 11.6 Å². The number of ether oxygens (including phenoxy) is 2. The number of halogens is 2. The van der Waals surface area contributed by atoms with Gasteiger partial charge in [-0.05, 0) is 12.1 Å². The summed E-state index contributed by atoms with van der Waals surface area (Å²) in [5.74, 6) is -2.11. The summed E-state index contributed by atoms with van der Waals surface area (Å²) in [4.78, 5) is 11.5. The molecule has 4 nitrogen and oxygen atoms in total. The fourth-order valence-electron chi connectivity index (χ4n) is 1.49. The van der Waals surface area contributed by atoms with Crippen LogP contribution in [0.3, 0.4) is 0 Å². The summed E-state index contributed by atoms with van der Waals surface area (Å²) in [6, 6.07) is 2.30. The Labute approximate surface area is 110 Å². The monoisotopic (exact) mass is 273 g/mol. The van der Waals surface area contributed by atoms with Gasteiger partial charge in [0.2, 0.25) is 0 Å². The first-order chi connectivity index (χ1) is 8.93. The summed E-state index contributed by atoms with van der Waals surface area (Å²) in [6.45, 7) is 3.61. The van der Waals surface area contributed by atoms with Gasteiger partial charge in [-0.2, -0.15) is 0 Å². The third-order valence-electron chi connectivity index (χ3n) is 2.32. The number of carbonyl (C=O) groups is 1. The Bertz CT molecular complexity index is 438. The van der Waals surface area contributed by atoms with Crippen molar-refractivity contribution in [3.05, 3.63) is 29.8 Å². The quantitative estimate of drug-likeness (QED) is 0.804. The van der Waals surface area contributed by atoms with Gasteiger partial charge in [0, 0.05) is 12.1 Å². The minimum Gasteiger partial charge on any atom is -0.488 e. The van der Waals surface area contributed by atoms with Gasteiger partial charge in [0.25, 0.3) is 0 Å². The van der Waals surface area contributed by atoms with E-state index < -0.39 is 23.6 Å². The number of carbonyl (C=O) groups excluding carboxylic acids is 1. The number of benzene rings is 1. The molecule has 0 saturated heterocycles. The van der Waals surface area contributed by atoms with Crippen molar-refractivity contribution in [3.8, 4) is 5.75 Å². The van der Waals surface area contributed by atoms with Gasteiger partial charge in [-0.25, -0.2) is 8.78 Å². The van der Waals surface area contributed by atoms with E-state index in [1.165, 1.54) is 13.2 Å². The Morgan fingerprint density at radius 3 is 2.58 bits per heavy atom. The molecule has 0 aliphatic heterocycles. The topological polar surface area (TPSA) is 47.6 Å². The van der Waals surface area contributed by atoms with E-state index >= 15 is 0 Å². The molecule has 1 aromatic rings. The molecule has 1 aromatic carbocycles. The Morgan fingerprint density at radius 2 is 2.05 bits per heavy atom. The van der Waals surface area contributed by atoms with Crippen LogP contribution >= 0.6 is 0 Å². The Kier molecular flexibility index (Phi) is 5.69. The molecule has 19 heavy (non-hydrogen) atoms. The lowest BCUT2D eigenvalue weighted by atomic mass is 10.2. The van der Waals surface area contributed by atoms with Gasteiger partial charge in [-0.15, -0.1) is 0 Å². The van der Waals surface area contributed by atoms with Crippen molar-refractivity contribution in [2.75, 3.05) is 13.7 Å². The largest absolute Gasteiger partial charge is 0.488 e. The first-order valence-electron chi connectivity index (χ1n) is 5.85. The van der Waals surface area contributed by atoms with Crippen LogP contribution in [0.2, 0.25) is 0 Å². The second kappa shape index (κ2) is 7.04. The number of methoxy groups -OCH3 is 1. The van der Waals surface area contributed by atoms with Crippen molar-refractivity contribution in [2.45, 2.75) is 25.9 Å². The molecule has 0 fully saturated rings. The number of hydrogen-bond acceptors (Lipinski definition) is 4. The SMILES string of the molecule is COC(=O)C(COc1ccc(F)cc1F)NC(C)C. The van der Waals surface area contributed by atoms with Crippen molar-refractivity contribution in [3.63, 3.8) is 0 Å². The lowest BCUT2D eigenvalue weighted by Crippen LogP contribution is -2.45. The average Bonchev–Trinajstić information content (AvgIpc) is 2.34. The highest BCUT2D eigenvalue weighted by Crippen LogP contribution is 2.17. The van der Waals surface area contributed by atoms with Crippen molar-refractivity contribution >= 4 is 5.97 Å². The predicted molar refractivity (Wildman–Crippen MR) is 65.9 cm³/mol. The van der Waals surface area contributed by atoms with Crippen LogP contribution in [0, 0.1) is 11.6 Å². The number of hydrogen-bond donors (Lipinski definition) is 1. The first kappa shape index (κ1) is 15.4. The molecule has 0 aromatic heterocycles. The molecule has 1 rings (SSSR count). The van der Waals surface area contributed by atoms with Gasteiger partial charge in [-0.1, -0.05) is 13.8 Å². The molecule has 6 heteroatoms. The van der Waals surface area contributed by atoms with E-state index in [4.69, 9.17) is 4.74 Å². The Morgan fingerprint density at radius 1 is 1.37 bits per heavy atom. The highest BCUT2D eigenvalue weighted by atomic mass is 19.1. The Hall–Kier alpha value is -1.69. The summed E-state index contributed by atoms with van der Waals surface area (Å²) >= 11 is 0. The maximum absolute atomic E-state index is 13.3. The highest BCUT2D eigenvalue weighted by Gasteiger charge is 2.21. The van der Waals surface area contributed by atoms with Crippen molar-refractivity contribution in [1.29, 1.82) is 0 Å². The van der Waals surface area contributed by atoms with Crippen molar-refractivity contribution in [1.82, 2.24) is 5.32 Å². The van der Waals surface area contributed by atoms with Crippen LogP contribution in [-0.4, -0.2) is 31.8 Å². The van der Waals surface area contributed by atoms with E-state index in [0.29, 0.717) is 0 Å². The lowest BCUT2D eigenvalue weighted by molar-refractivity contribution is -0.144. The maximum atomic E-state index is 13.3.